The molecule has 1 saturated heterocycles. The molecule has 0 bridgehead atoms. The maximum absolute atomic E-state index is 12.6. The Morgan fingerprint density at radius 3 is 2.65 bits per heavy atom. The van der Waals surface area contributed by atoms with Crippen LogP contribution in [0.25, 0.3) is 0 Å². The molecule has 1 unspecified atom stereocenters. The number of rotatable bonds is 6. The summed E-state index contributed by atoms with van der Waals surface area (Å²) in [5.41, 5.74) is 0.305. The lowest BCUT2D eigenvalue weighted by Gasteiger charge is -2.35. The molecule has 0 radical (unpaired) electrons. The summed E-state index contributed by atoms with van der Waals surface area (Å²) in [6.45, 7) is 5.50. The van der Waals surface area contributed by atoms with E-state index in [-0.39, 0.29) is 30.5 Å². The van der Waals surface area contributed by atoms with Crippen LogP contribution in [0.2, 0.25) is 0 Å². The van der Waals surface area contributed by atoms with Gasteiger partial charge in [0.15, 0.2) is 12.3 Å². The van der Waals surface area contributed by atoms with Crippen molar-refractivity contribution in [2.45, 2.75) is 39.4 Å². The number of nitrogens with zero attached hydrogens (tertiary/aromatic N) is 2. The maximum Gasteiger partial charge on any atom is 0.275 e. The summed E-state index contributed by atoms with van der Waals surface area (Å²) in [4.78, 5) is 18.6. The minimum Gasteiger partial charge on any atom is -0.484 e. The van der Waals surface area contributed by atoms with Gasteiger partial charge >= 0.3 is 0 Å². The van der Waals surface area contributed by atoms with E-state index in [2.05, 4.69) is 4.98 Å². The van der Waals surface area contributed by atoms with Crippen LogP contribution in [0, 0.1) is 11.8 Å². The Balaban J connectivity index is 1.52. The van der Waals surface area contributed by atoms with E-state index in [1.54, 1.807) is 4.90 Å². The van der Waals surface area contributed by atoms with Crippen LogP contribution < -0.4 is 4.74 Å². The van der Waals surface area contributed by atoms with Gasteiger partial charge in [-0.2, -0.15) is 0 Å². The molecule has 3 rings (SSSR count). The van der Waals surface area contributed by atoms with Crippen LogP contribution in [0.3, 0.4) is 0 Å². The molecule has 1 aromatic carbocycles. The molecule has 1 aromatic heterocycles. The summed E-state index contributed by atoms with van der Waals surface area (Å²) >= 11 is 0. The molecule has 2 aromatic rings. The van der Waals surface area contributed by atoms with Crippen LogP contribution in [0.4, 0.5) is 0 Å². The van der Waals surface area contributed by atoms with Crippen molar-refractivity contribution in [1.29, 1.82) is 0 Å². The van der Waals surface area contributed by atoms with Crippen molar-refractivity contribution in [2.24, 2.45) is 11.8 Å². The SMILES string of the molecule is CC(C)C(O)C1CCN(C(=O)c2coc(COc3ccccc3)n2)CC1. The quantitative estimate of drug-likeness (QED) is 0.859. The fraction of sp³-hybridized carbons (Fsp3) is 0.500. The number of hydrogen-bond acceptors (Lipinski definition) is 5. The van der Waals surface area contributed by atoms with Gasteiger partial charge in [-0.05, 0) is 36.8 Å². The summed E-state index contributed by atoms with van der Waals surface area (Å²) in [5.74, 6) is 1.47. The van der Waals surface area contributed by atoms with Crippen molar-refractivity contribution >= 4 is 5.91 Å². The zero-order valence-corrected chi connectivity index (χ0v) is 15.3. The van der Waals surface area contributed by atoms with Crippen LogP contribution in [-0.4, -0.2) is 40.1 Å². The Kier molecular flexibility index (Phi) is 5.93. The predicted molar refractivity (Wildman–Crippen MR) is 96.7 cm³/mol. The van der Waals surface area contributed by atoms with Crippen molar-refractivity contribution in [3.05, 3.63) is 48.2 Å². The molecule has 2 heterocycles. The van der Waals surface area contributed by atoms with Crippen LogP contribution >= 0.6 is 0 Å². The first-order valence-corrected chi connectivity index (χ1v) is 9.14. The third-order valence-electron chi connectivity index (χ3n) is 4.87. The van der Waals surface area contributed by atoms with Gasteiger partial charge in [-0.25, -0.2) is 4.98 Å². The van der Waals surface area contributed by atoms with E-state index in [0.29, 0.717) is 24.7 Å². The first-order valence-electron chi connectivity index (χ1n) is 9.14. The smallest absolute Gasteiger partial charge is 0.275 e. The number of aliphatic hydroxyl groups is 1. The van der Waals surface area contributed by atoms with E-state index in [4.69, 9.17) is 9.15 Å². The van der Waals surface area contributed by atoms with E-state index >= 15 is 0 Å². The summed E-state index contributed by atoms with van der Waals surface area (Å²) in [7, 11) is 0. The Morgan fingerprint density at radius 2 is 2.00 bits per heavy atom. The number of carbonyl (C=O) groups is 1. The summed E-state index contributed by atoms with van der Waals surface area (Å²) in [5, 5.41) is 10.2. The second kappa shape index (κ2) is 8.36. The number of para-hydroxylation sites is 1. The third kappa shape index (κ3) is 4.43. The molecule has 1 fully saturated rings. The van der Waals surface area contributed by atoms with Crippen molar-refractivity contribution in [3.63, 3.8) is 0 Å². The molecule has 26 heavy (non-hydrogen) atoms. The maximum atomic E-state index is 12.6. The number of aliphatic hydroxyl groups excluding tert-OH is 1. The number of ether oxygens (including phenoxy) is 1. The standard InChI is InChI=1S/C20H26N2O4/c1-14(2)19(23)15-8-10-22(11-9-15)20(24)17-12-26-18(21-17)13-25-16-6-4-3-5-7-16/h3-7,12,14-15,19,23H,8-11,13H2,1-2H3. The molecular weight excluding hydrogens is 332 g/mol. The number of hydrogen-bond donors (Lipinski definition) is 1. The minimum absolute atomic E-state index is 0.128. The molecule has 1 atom stereocenters. The van der Waals surface area contributed by atoms with E-state index in [1.807, 2.05) is 44.2 Å². The van der Waals surface area contributed by atoms with Gasteiger partial charge in [0, 0.05) is 13.1 Å². The van der Waals surface area contributed by atoms with Crippen molar-refractivity contribution in [1.82, 2.24) is 9.88 Å². The van der Waals surface area contributed by atoms with Gasteiger partial charge in [-0.1, -0.05) is 32.0 Å². The predicted octanol–water partition coefficient (Wildman–Crippen LogP) is 3.12. The molecule has 0 aliphatic carbocycles. The molecule has 6 nitrogen and oxygen atoms in total. The van der Waals surface area contributed by atoms with Gasteiger partial charge in [-0.3, -0.25) is 4.79 Å². The zero-order chi connectivity index (χ0) is 18.5. The first-order chi connectivity index (χ1) is 12.5. The lowest BCUT2D eigenvalue weighted by atomic mass is 9.85. The van der Waals surface area contributed by atoms with Gasteiger partial charge in [-0.15, -0.1) is 0 Å². The number of benzene rings is 1. The van der Waals surface area contributed by atoms with Crippen molar-refractivity contribution in [2.75, 3.05) is 13.1 Å². The zero-order valence-electron chi connectivity index (χ0n) is 15.3. The lowest BCUT2D eigenvalue weighted by molar-refractivity contribution is 0.0260. The van der Waals surface area contributed by atoms with E-state index in [0.717, 1.165) is 18.6 Å². The number of carbonyl (C=O) groups excluding carboxylic acids is 1. The summed E-state index contributed by atoms with van der Waals surface area (Å²) in [6, 6.07) is 9.40. The summed E-state index contributed by atoms with van der Waals surface area (Å²) in [6.07, 6.45) is 2.71. The average Bonchev–Trinajstić information content (AvgIpc) is 3.15. The number of amides is 1. The Bertz CT molecular complexity index is 706. The largest absolute Gasteiger partial charge is 0.484 e. The van der Waals surface area contributed by atoms with Gasteiger partial charge in [0.1, 0.15) is 12.0 Å². The average molecular weight is 358 g/mol. The van der Waals surface area contributed by atoms with Crippen LogP contribution in [0.5, 0.6) is 5.75 Å². The molecule has 1 aliphatic heterocycles. The van der Waals surface area contributed by atoms with E-state index in [9.17, 15) is 9.90 Å². The third-order valence-corrected chi connectivity index (χ3v) is 4.87. The Hall–Kier alpha value is -2.34. The number of likely N-dealkylation sites (tertiary alicyclic amines) is 1. The van der Waals surface area contributed by atoms with E-state index < -0.39 is 0 Å². The van der Waals surface area contributed by atoms with Crippen LogP contribution in [-0.2, 0) is 6.61 Å². The fourth-order valence-electron chi connectivity index (χ4n) is 3.29. The minimum atomic E-state index is -0.305. The van der Waals surface area contributed by atoms with Gasteiger partial charge < -0.3 is 19.2 Å². The Morgan fingerprint density at radius 1 is 1.31 bits per heavy atom. The monoisotopic (exact) mass is 358 g/mol. The molecule has 0 spiro atoms. The van der Waals surface area contributed by atoms with Crippen LogP contribution in [0.15, 0.2) is 41.0 Å². The number of aromatic nitrogens is 1. The molecule has 1 N–H and O–H groups in total. The molecular formula is C20H26N2O4. The molecule has 1 amide bonds. The number of oxazole rings is 1. The van der Waals surface area contributed by atoms with Crippen molar-refractivity contribution in [3.8, 4) is 5.75 Å². The van der Waals surface area contributed by atoms with Gasteiger partial charge in [0.2, 0.25) is 5.89 Å². The highest BCUT2D eigenvalue weighted by Gasteiger charge is 2.30. The molecule has 6 heteroatoms. The number of piperidine rings is 1. The summed E-state index contributed by atoms with van der Waals surface area (Å²) < 4.78 is 10.9. The highest BCUT2D eigenvalue weighted by Crippen LogP contribution is 2.25. The highest BCUT2D eigenvalue weighted by atomic mass is 16.5. The highest BCUT2D eigenvalue weighted by molar-refractivity contribution is 5.92. The Labute approximate surface area is 153 Å². The molecule has 0 saturated carbocycles. The van der Waals surface area contributed by atoms with Crippen LogP contribution in [0.1, 0.15) is 43.1 Å². The lowest BCUT2D eigenvalue weighted by Crippen LogP contribution is -2.42. The molecule has 140 valence electrons. The fourth-order valence-corrected chi connectivity index (χ4v) is 3.29. The second-order valence-corrected chi connectivity index (χ2v) is 7.09. The first kappa shape index (κ1) is 18.5. The molecule has 1 aliphatic rings. The van der Waals surface area contributed by atoms with Gasteiger partial charge in [0.25, 0.3) is 5.91 Å². The topological polar surface area (TPSA) is 75.8 Å². The van der Waals surface area contributed by atoms with E-state index in [1.165, 1.54) is 6.26 Å². The normalized spacial score (nSPS) is 16.7. The van der Waals surface area contributed by atoms with Crippen molar-refractivity contribution < 1.29 is 19.1 Å². The van der Waals surface area contributed by atoms with Gasteiger partial charge in [0.05, 0.1) is 6.10 Å². The second-order valence-electron chi connectivity index (χ2n) is 7.09.